The van der Waals surface area contributed by atoms with E-state index < -0.39 is 11.8 Å². The van der Waals surface area contributed by atoms with Crippen LogP contribution in [0.15, 0.2) is 29.2 Å². The highest BCUT2D eigenvalue weighted by Crippen LogP contribution is 2.34. The molecule has 1 aromatic carbocycles. The van der Waals surface area contributed by atoms with Crippen LogP contribution >= 0.6 is 11.8 Å². The van der Waals surface area contributed by atoms with Gasteiger partial charge in [0.2, 0.25) is 0 Å². The van der Waals surface area contributed by atoms with Gasteiger partial charge in [-0.3, -0.25) is 0 Å². The maximum Gasteiger partial charge on any atom is 0.364 e. The average molecular weight is 351 g/mol. The van der Waals surface area contributed by atoms with Crippen LogP contribution in [0.4, 0.5) is 5.69 Å². The maximum atomic E-state index is 11.1. The fraction of sp³-hybridized carbons (Fsp3) is 0.611. The Balaban J connectivity index is 1.39. The lowest BCUT2D eigenvalue weighted by Gasteiger charge is -2.34. The number of benzene rings is 1. The van der Waals surface area contributed by atoms with Gasteiger partial charge in [0.15, 0.2) is 0 Å². The molecule has 0 aliphatic carbocycles. The van der Waals surface area contributed by atoms with Crippen molar-refractivity contribution in [2.45, 2.75) is 36.9 Å². The van der Waals surface area contributed by atoms with Gasteiger partial charge in [-0.1, -0.05) is 18.6 Å². The Morgan fingerprint density at radius 3 is 2.83 bits per heavy atom. The number of fused-ring (bicyclic) bond motifs is 1. The average Bonchev–Trinajstić information content (AvgIpc) is 2.60. The number of para-hydroxylation sites is 1. The van der Waals surface area contributed by atoms with Crippen molar-refractivity contribution in [3.05, 3.63) is 24.3 Å². The Labute approximate surface area is 147 Å². The highest BCUT2D eigenvalue weighted by Gasteiger charge is 2.40. The number of ether oxygens (including phenoxy) is 2. The van der Waals surface area contributed by atoms with Gasteiger partial charge in [0, 0.05) is 36.6 Å². The molecule has 0 unspecified atom stereocenters. The van der Waals surface area contributed by atoms with Gasteiger partial charge in [-0.25, -0.2) is 4.79 Å². The van der Waals surface area contributed by atoms with Crippen molar-refractivity contribution in [2.75, 3.05) is 37.0 Å². The lowest BCUT2D eigenvalue weighted by molar-refractivity contribution is -0.271. The summed E-state index contributed by atoms with van der Waals surface area (Å²) in [6.45, 7) is 4.57. The number of hydrogen-bond donors (Lipinski definition) is 1. The monoisotopic (exact) mass is 351 g/mol. The zero-order valence-electron chi connectivity index (χ0n) is 14.1. The van der Waals surface area contributed by atoms with E-state index >= 15 is 0 Å². The molecule has 0 aromatic heterocycles. The van der Waals surface area contributed by atoms with Crippen molar-refractivity contribution in [1.29, 1.82) is 0 Å². The molecule has 0 amide bonds. The van der Waals surface area contributed by atoms with Gasteiger partial charge < -0.3 is 19.5 Å². The SMILES string of the molecule is CC1(C(=O)O)OCC(CCCCN2CCSc3ccccc32)CO1. The third kappa shape index (κ3) is 4.05. The second kappa shape index (κ2) is 7.76. The van der Waals surface area contributed by atoms with E-state index in [0.717, 1.165) is 38.1 Å². The number of anilines is 1. The molecule has 1 aromatic rings. The molecule has 0 spiro atoms. The van der Waals surface area contributed by atoms with Crippen LogP contribution < -0.4 is 4.90 Å². The van der Waals surface area contributed by atoms with E-state index in [1.807, 2.05) is 11.8 Å². The van der Waals surface area contributed by atoms with Gasteiger partial charge in [0.25, 0.3) is 5.79 Å². The molecule has 2 heterocycles. The molecular formula is C18H25NO4S. The summed E-state index contributed by atoms with van der Waals surface area (Å²) in [6.07, 6.45) is 3.25. The summed E-state index contributed by atoms with van der Waals surface area (Å²) in [6, 6.07) is 8.61. The van der Waals surface area contributed by atoms with Crippen LogP contribution in [-0.2, 0) is 14.3 Å². The summed E-state index contributed by atoms with van der Waals surface area (Å²) >= 11 is 1.93. The highest BCUT2D eigenvalue weighted by atomic mass is 32.2. The molecular weight excluding hydrogens is 326 g/mol. The molecule has 0 atom stereocenters. The molecule has 0 saturated carbocycles. The lowest BCUT2D eigenvalue weighted by Crippen LogP contribution is -2.47. The lowest BCUT2D eigenvalue weighted by atomic mass is 10.0. The van der Waals surface area contributed by atoms with Crippen LogP contribution in [0.5, 0.6) is 0 Å². The van der Waals surface area contributed by atoms with Crippen molar-refractivity contribution in [2.24, 2.45) is 5.92 Å². The third-order valence-corrected chi connectivity index (χ3v) is 5.74. The summed E-state index contributed by atoms with van der Waals surface area (Å²) in [7, 11) is 0. The number of rotatable bonds is 6. The van der Waals surface area contributed by atoms with Crippen LogP contribution in [0, 0.1) is 5.92 Å². The van der Waals surface area contributed by atoms with Crippen LogP contribution in [0.3, 0.4) is 0 Å². The Bertz CT molecular complexity index is 572. The summed E-state index contributed by atoms with van der Waals surface area (Å²) in [4.78, 5) is 14.9. The Kier molecular flexibility index (Phi) is 5.69. The Morgan fingerprint density at radius 1 is 1.33 bits per heavy atom. The first-order valence-electron chi connectivity index (χ1n) is 8.56. The smallest absolute Gasteiger partial charge is 0.364 e. The minimum absolute atomic E-state index is 0.293. The van der Waals surface area contributed by atoms with Gasteiger partial charge in [0.05, 0.1) is 18.9 Å². The highest BCUT2D eigenvalue weighted by molar-refractivity contribution is 7.99. The first-order valence-corrected chi connectivity index (χ1v) is 9.55. The third-order valence-electron chi connectivity index (χ3n) is 4.69. The van der Waals surface area contributed by atoms with E-state index in [-0.39, 0.29) is 0 Å². The summed E-state index contributed by atoms with van der Waals surface area (Å²) in [5, 5.41) is 9.07. The second-order valence-corrected chi connectivity index (χ2v) is 7.67. The Hall–Kier alpha value is -1.24. The first kappa shape index (κ1) is 17.6. The number of unbranched alkanes of at least 4 members (excludes halogenated alkanes) is 1. The van der Waals surface area contributed by atoms with Crippen molar-refractivity contribution in [3.63, 3.8) is 0 Å². The minimum Gasteiger partial charge on any atom is -0.477 e. The van der Waals surface area contributed by atoms with Crippen LogP contribution in [0.1, 0.15) is 26.2 Å². The van der Waals surface area contributed by atoms with Crippen molar-refractivity contribution < 1.29 is 19.4 Å². The Morgan fingerprint density at radius 2 is 2.08 bits per heavy atom. The molecule has 0 radical (unpaired) electrons. The predicted molar refractivity (Wildman–Crippen MR) is 94.7 cm³/mol. The molecule has 2 aliphatic rings. The van der Waals surface area contributed by atoms with E-state index in [4.69, 9.17) is 14.6 Å². The number of aliphatic carboxylic acids is 1. The largest absolute Gasteiger partial charge is 0.477 e. The van der Waals surface area contributed by atoms with E-state index in [1.165, 1.54) is 17.5 Å². The standard InChI is InChI=1S/C18H25NO4S/c1-18(17(20)21)22-12-14(13-23-18)6-4-5-9-19-10-11-24-16-8-3-2-7-15(16)19/h2-3,7-8,14H,4-6,9-13H2,1H3,(H,20,21). The fourth-order valence-electron chi connectivity index (χ4n) is 3.13. The number of carboxylic acids is 1. The van der Waals surface area contributed by atoms with Crippen molar-refractivity contribution in [1.82, 2.24) is 0 Å². The molecule has 1 fully saturated rings. The number of nitrogens with zero attached hydrogens (tertiary/aromatic N) is 1. The van der Waals surface area contributed by atoms with Crippen molar-refractivity contribution in [3.8, 4) is 0 Å². The molecule has 0 bridgehead atoms. The normalized spacial score (nSPS) is 26.9. The summed E-state index contributed by atoms with van der Waals surface area (Å²) < 4.78 is 10.8. The molecule has 2 aliphatic heterocycles. The number of thioether (sulfide) groups is 1. The fourth-order valence-corrected chi connectivity index (χ4v) is 4.18. The quantitative estimate of drug-likeness (QED) is 0.794. The van der Waals surface area contributed by atoms with E-state index in [1.54, 1.807) is 0 Å². The molecule has 6 heteroatoms. The van der Waals surface area contributed by atoms with Gasteiger partial charge in [-0.2, -0.15) is 0 Å². The molecule has 3 rings (SSSR count). The minimum atomic E-state index is -1.47. The topological polar surface area (TPSA) is 59.0 Å². The van der Waals surface area contributed by atoms with E-state index in [9.17, 15) is 4.79 Å². The number of hydrogen-bond acceptors (Lipinski definition) is 5. The van der Waals surface area contributed by atoms with Crippen LogP contribution in [0.25, 0.3) is 0 Å². The van der Waals surface area contributed by atoms with Crippen LogP contribution in [-0.4, -0.2) is 48.9 Å². The molecule has 1 saturated heterocycles. The molecule has 1 N–H and O–H groups in total. The predicted octanol–water partition coefficient (Wildman–Crippen LogP) is 3.23. The summed E-state index contributed by atoms with van der Waals surface area (Å²) in [5.41, 5.74) is 1.36. The summed E-state index contributed by atoms with van der Waals surface area (Å²) in [5.74, 6) is -1.08. The zero-order valence-corrected chi connectivity index (χ0v) is 14.9. The zero-order chi connectivity index (χ0) is 17.0. The van der Waals surface area contributed by atoms with Crippen LogP contribution in [0.2, 0.25) is 0 Å². The van der Waals surface area contributed by atoms with E-state index in [2.05, 4.69) is 29.2 Å². The first-order chi connectivity index (χ1) is 11.6. The number of carboxylic acid groups (broad SMARTS) is 1. The molecule has 132 valence electrons. The van der Waals surface area contributed by atoms with Gasteiger partial charge in [-0.05, 0) is 25.0 Å². The second-order valence-electron chi connectivity index (χ2n) is 6.54. The van der Waals surface area contributed by atoms with Crippen molar-refractivity contribution >= 4 is 23.4 Å². The van der Waals surface area contributed by atoms with Gasteiger partial charge in [0.1, 0.15) is 0 Å². The number of carbonyl (C=O) groups is 1. The molecule has 5 nitrogen and oxygen atoms in total. The maximum absolute atomic E-state index is 11.1. The van der Waals surface area contributed by atoms with E-state index in [0.29, 0.717) is 19.1 Å². The molecule has 24 heavy (non-hydrogen) atoms. The van der Waals surface area contributed by atoms with Gasteiger partial charge in [-0.15, -0.1) is 11.8 Å². The van der Waals surface area contributed by atoms with Gasteiger partial charge >= 0.3 is 5.97 Å².